The molecule has 0 bridgehead atoms. The molecule has 1 heterocycles. The summed E-state index contributed by atoms with van der Waals surface area (Å²) in [4.78, 5) is 1.30. The van der Waals surface area contributed by atoms with Gasteiger partial charge in [0.25, 0.3) is 0 Å². The highest BCUT2D eigenvalue weighted by Gasteiger charge is 2.15. The van der Waals surface area contributed by atoms with Gasteiger partial charge in [-0.15, -0.1) is 11.3 Å². The number of benzene rings is 1. The Kier molecular flexibility index (Phi) is 4.98. The molecule has 3 N–H and O–H groups in total. The Morgan fingerprint density at radius 3 is 2.67 bits per heavy atom. The van der Waals surface area contributed by atoms with Gasteiger partial charge in [0.05, 0.1) is 9.83 Å². The van der Waals surface area contributed by atoms with E-state index in [1.807, 2.05) is 0 Å². The number of hydrogen-bond acceptors (Lipinski definition) is 3. The molecule has 0 spiro atoms. The molecule has 0 fully saturated rings. The van der Waals surface area contributed by atoms with Gasteiger partial charge in [-0.3, -0.25) is 11.3 Å². The van der Waals surface area contributed by atoms with Gasteiger partial charge in [0.1, 0.15) is 0 Å². The summed E-state index contributed by atoms with van der Waals surface area (Å²) in [5.41, 5.74) is 5.34. The molecular formula is C13H14Br2N2S. The average molecular weight is 390 g/mol. The van der Waals surface area contributed by atoms with Crippen molar-refractivity contribution in [1.29, 1.82) is 0 Å². The van der Waals surface area contributed by atoms with Crippen LogP contribution in [0.5, 0.6) is 0 Å². The predicted molar refractivity (Wildman–Crippen MR) is 84.7 cm³/mol. The summed E-state index contributed by atoms with van der Waals surface area (Å²) in [6.45, 7) is 2.09. The van der Waals surface area contributed by atoms with Gasteiger partial charge in [-0.25, -0.2) is 0 Å². The highest BCUT2D eigenvalue weighted by molar-refractivity contribution is 9.11. The summed E-state index contributed by atoms with van der Waals surface area (Å²) in [6, 6.07) is 10.6. The minimum atomic E-state index is 0.116. The Labute approximate surface area is 128 Å². The van der Waals surface area contributed by atoms with Crippen LogP contribution in [0.1, 0.15) is 22.0 Å². The average Bonchev–Trinajstić information content (AvgIpc) is 2.75. The molecule has 2 rings (SSSR count). The second-order valence-corrected chi connectivity index (χ2v) is 7.56. The van der Waals surface area contributed by atoms with Gasteiger partial charge in [0, 0.05) is 15.8 Å². The van der Waals surface area contributed by atoms with E-state index in [2.05, 4.69) is 74.5 Å². The van der Waals surface area contributed by atoms with Crippen molar-refractivity contribution in [3.63, 3.8) is 0 Å². The predicted octanol–water partition coefficient (Wildman–Crippen LogP) is 4.33. The van der Waals surface area contributed by atoms with Gasteiger partial charge >= 0.3 is 0 Å². The lowest BCUT2D eigenvalue weighted by Crippen LogP contribution is -2.29. The van der Waals surface area contributed by atoms with Crippen LogP contribution in [0.25, 0.3) is 0 Å². The van der Waals surface area contributed by atoms with Gasteiger partial charge in [0.15, 0.2) is 0 Å². The van der Waals surface area contributed by atoms with Gasteiger partial charge in [-0.05, 0) is 46.6 Å². The summed E-state index contributed by atoms with van der Waals surface area (Å²) < 4.78 is 2.24. The summed E-state index contributed by atoms with van der Waals surface area (Å²) in [5, 5.41) is 0. The number of halogens is 2. The van der Waals surface area contributed by atoms with Crippen molar-refractivity contribution in [2.45, 2.75) is 19.4 Å². The first-order chi connectivity index (χ1) is 8.60. The third-order valence-electron chi connectivity index (χ3n) is 2.76. The molecule has 1 atom stereocenters. The molecule has 1 aromatic heterocycles. The third-order valence-corrected chi connectivity index (χ3v) is 5.13. The van der Waals surface area contributed by atoms with Crippen molar-refractivity contribution in [3.8, 4) is 0 Å². The van der Waals surface area contributed by atoms with Gasteiger partial charge in [0.2, 0.25) is 0 Å². The molecule has 5 heteroatoms. The fourth-order valence-corrected chi connectivity index (χ4v) is 3.90. The summed E-state index contributed by atoms with van der Waals surface area (Å²) in [5.74, 6) is 5.70. The van der Waals surface area contributed by atoms with E-state index in [0.717, 1.165) is 14.7 Å². The van der Waals surface area contributed by atoms with Gasteiger partial charge in [-0.2, -0.15) is 0 Å². The van der Waals surface area contributed by atoms with Crippen LogP contribution >= 0.6 is 43.2 Å². The highest BCUT2D eigenvalue weighted by atomic mass is 79.9. The monoisotopic (exact) mass is 388 g/mol. The van der Waals surface area contributed by atoms with Crippen molar-refractivity contribution >= 4 is 43.2 Å². The van der Waals surface area contributed by atoms with Crippen LogP contribution in [-0.4, -0.2) is 0 Å². The van der Waals surface area contributed by atoms with E-state index >= 15 is 0 Å². The zero-order valence-electron chi connectivity index (χ0n) is 9.91. The molecule has 0 aliphatic rings. The fourth-order valence-electron chi connectivity index (χ4n) is 1.85. The van der Waals surface area contributed by atoms with E-state index in [0.29, 0.717) is 0 Å². The number of hydrogen-bond donors (Lipinski definition) is 2. The number of rotatable bonds is 4. The maximum Gasteiger partial charge on any atom is 0.0701 e. The largest absolute Gasteiger partial charge is 0.271 e. The van der Waals surface area contributed by atoms with Crippen molar-refractivity contribution in [1.82, 2.24) is 5.43 Å². The third kappa shape index (κ3) is 3.42. The van der Waals surface area contributed by atoms with Crippen LogP contribution in [0.15, 0.2) is 38.6 Å². The first kappa shape index (κ1) is 14.2. The normalized spacial score (nSPS) is 12.7. The van der Waals surface area contributed by atoms with E-state index in [1.165, 1.54) is 16.0 Å². The number of thiophene rings is 1. The van der Waals surface area contributed by atoms with E-state index in [9.17, 15) is 0 Å². The van der Waals surface area contributed by atoms with Crippen molar-refractivity contribution in [2.75, 3.05) is 0 Å². The van der Waals surface area contributed by atoms with Crippen molar-refractivity contribution in [2.24, 2.45) is 5.84 Å². The molecule has 0 saturated carbocycles. The van der Waals surface area contributed by atoms with Crippen LogP contribution in [0, 0.1) is 6.92 Å². The van der Waals surface area contributed by atoms with Crippen LogP contribution in [0.4, 0.5) is 0 Å². The lowest BCUT2D eigenvalue weighted by atomic mass is 10.0. The SMILES string of the molecule is Cc1ccc(Br)c(C(Cc2ccc(Br)s2)NN)c1. The van der Waals surface area contributed by atoms with Crippen molar-refractivity contribution in [3.05, 3.63) is 54.6 Å². The molecule has 0 aliphatic carbocycles. The Morgan fingerprint density at radius 1 is 1.28 bits per heavy atom. The van der Waals surface area contributed by atoms with Crippen LogP contribution in [0.2, 0.25) is 0 Å². The number of nitrogens with two attached hydrogens (primary N) is 1. The minimum absolute atomic E-state index is 0.116. The highest BCUT2D eigenvalue weighted by Crippen LogP contribution is 2.30. The zero-order chi connectivity index (χ0) is 13.1. The van der Waals surface area contributed by atoms with E-state index in [4.69, 9.17) is 5.84 Å². The van der Waals surface area contributed by atoms with E-state index < -0.39 is 0 Å². The van der Waals surface area contributed by atoms with Gasteiger partial charge in [-0.1, -0.05) is 33.6 Å². The summed E-state index contributed by atoms with van der Waals surface area (Å²) >= 11 is 8.81. The Balaban J connectivity index is 2.25. The standard InChI is InChI=1S/C13H14Br2N2S/c1-8-2-4-11(14)10(6-8)12(17-16)7-9-3-5-13(15)18-9/h2-6,12,17H,7,16H2,1H3. The van der Waals surface area contributed by atoms with E-state index in [1.54, 1.807) is 11.3 Å². The molecule has 18 heavy (non-hydrogen) atoms. The molecule has 0 amide bonds. The van der Waals surface area contributed by atoms with E-state index in [-0.39, 0.29) is 6.04 Å². The van der Waals surface area contributed by atoms with Crippen LogP contribution < -0.4 is 11.3 Å². The Hall–Kier alpha value is -0.200. The second kappa shape index (κ2) is 6.30. The lowest BCUT2D eigenvalue weighted by Gasteiger charge is -2.17. The molecule has 0 radical (unpaired) electrons. The molecule has 2 nitrogen and oxygen atoms in total. The quantitative estimate of drug-likeness (QED) is 0.603. The molecule has 1 unspecified atom stereocenters. The summed E-state index contributed by atoms with van der Waals surface area (Å²) in [7, 11) is 0. The molecule has 1 aromatic carbocycles. The van der Waals surface area contributed by atoms with Crippen LogP contribution in [-0.2, 0) is 6.42 Å². The molecule has 0 saturated heterocycles. The fraction of sp³-hybridized carbons (Fsp3) is 0.231. The zero-order valence-corrected chi connectivity index (χ0v) is 13.9. The minimum Gasteiger partial charge on any atom is -0.271 e. The molecule has 2 aromatic rings. The summed E-state index contributed by atoms with van der Waals surface area (Å²) in [6.07, 6.45) is 0.884. The van der Waals surface area contributed by atoms with Gasteiger partial charge < -0.3 is 0 Å². The maximum atomic E-state index is 5.70. The smallest absolute Gasteiger partial charge is 0.0701 e. The molecule has 0 aliphatic heterocycles. The number of hydrazine groups is 1. The Morgan fingerprint density at radius 2 is 2.06 bits per heavy atom. The first-order valence-corrected chi connectivity index (χ1v) is 7.97. The molecular weight excluding hydrogens is 376 g/mol. The second-order valence-electron chi connectivity index (χ2n) is 4.15. The molecule has 96 valence electrons. The topological polar surface area (TPSA) is 38.0 Å². The Bertz CT molecular complexity index is 540. The van der Waals surface area contributed by atoms with Crippen molar-refractivity contribution < 1.29 is 0 Å². The first-order valence-electron chi connectivity index (χ1n) is 5.56. The number of aryl methyl sites for hydroxylation is 1. The van der Waals surface area contributed by atoms with Crippen LogP contribution in [0.3, 0.4) is 0 Å². The number of nitrogens with one attached hydrogen (secondary N) is 1. The lowest BCUT2D eigenvalue weighted by molar-refractivity contribution is 0.553. The maximum absolute atomic E-state index is 5.70.